The monoisotopic (exact) mass is 260 g/mol. The molecule has 0 saturated heterocycles. The second-order valence-electron chi connectivity index (χ2n) is 4.34. The summed E-state index contributed by atoms with van der Waals surface area (Å²) in [6.45, 7) is 2.05. The number of hydrogen-bond acceptors (Lipinski definition) is 2. The van der Waals surface area contributed by atoms with Crippen LogP contribution in [-0.4, -0.2) is 5.11 Å². The van der Waals surface area contributed by atoms with Gasteiger partial charge in [0.05, 0.1) is 6.10 Å². The van der Waals surface area contributed by atoms with Gasteiger partial charge in [0.15, 0.2) is 0 Å². The molecule has 2 aromatic carbocycles. The van der Waals surface area contributed by atoms with E-state index in [9.17, 15) is 9.50 Å². The van der Waals surface area contributed by atoms with Crippen molar-refractivity contribution in [2.75, 3.05) is 0 Å². The molecule has 19 heavy (non-hydrogen) atoms. The minimum atomic E-state index is -0.558. The van der Waals surface area contributed by atoms with Gasteiger partial charge in [-0.05, 0) is 18.6 Å². The van der Waals surface area contributed by atoms with Gasteiger partial charge in [-0.2, -0.15) is 0 Å². The van der Waals surface area contributed by atoms with E-state index in [1.165, 1.54) is 6.07 Å². The summed E-state index contributed by atoms with van der Waals surface area (Å²) >= 11 is 0. The zero-order valence-electron chi connectivity index (χ0n) is 10.8. The van der Waals surface area contributed by atoms with Gasteiger partial charge in [0.1, 0.15) is 18.2 Å². The quantitative estimate of drug-likeness (QED) is 0.884. The number of halogens is 1. The fourth-order valence-corrected chi connectivity index (χ4v) is 1.88. The maximum absolute atomic E-state index is 13.5. The molecule has 3 heteroatoms. The van der Waals surface area contributed by atoms with Crippen LogP contribution in [0.4, 0.5) is 4.39 Å². The van der Waals surface area contributed by atoms with E-state index in [2.05, 4.69) is 0 Å². The Hall–Kier alpha value is -1.87. The summed E-state index contributed by atoms with van der Waals surface area (Å²) < 4.78 is 19.1. The number of benzene rings is 2. The van der Waals surface area contributed by atoms with E-state index in [1.54, 1.807) is 24.3 Å². The lowest BCUT2D eigenvalue weighted by Crippen LogP contribution is -2.03. The second kappa shape index (κ2) is 6.34. The van der Waals surface area contributed by atoms with Gasteiger partial charge in [-0.15, -0.1) is 0 Å². The standard InChI is InChI=1S/C16H17FO2/c1-2-15(18)13-8-4-6-10-16(13)19-11-12-7-3-5-9-14(12)17/h3-10,15,18H,2,11H2,1H3/t15-/m1/s1. The van der Waals surface area contributed by atoms with Crippen molar-refractivity contribution in [3.8, 4) is 5.75 Å². The molecule has 0 unspecified atom stereocenters. The predicted octanol–water partition coefficient (Wildman–Crippen LogP) is 3.85. The third kappa shape index (κ3) is 3.32. The Morgan fingerprint density at radius 1 is 1.11 bits per heavy atom. The number of para-hydroxylation sites is 1. The number of hydrogen-bond donors (Lipinski definition) is 1. The molecule has 0 radical (unpaired) electrons. The van der Waals surface area contributed by atoms with Crippen LogP contribution in [0, 0.1) is 5.82 Å². The Morgan fingerprint density at radius 2 is 1.79 bits per heavy atom. The molecule has 0 fully saturated rings. The lowest BCUT2D eigenvalue weighted by Gasteiger charge is -2.15. The largest absolute Gasteiger partial charge is 0.488 e. The molecule has 0 spiro atoms. The first-order valence-corrected chi connectivity index (χ1v) is 6.35. The zero-order valence-corrected chi connectivity index (χ0v) is 10.8. The zero-order chi connectivity index (χ0) is 13.7. The van der Waals surface area contributed by atoms with Crippen molar-refractivity contribution in [3.05, 3.63) is 65.5 Å². The Labute approximate surface area is 112 Å². The maximum Gasteiger partial charge on any atom is 0.129 e. The SMILES string of the molecule is CC[C@@H](O)c1ccccc1OCc1ccccc1F. The number of rotatable bonds is 5. The van der Waals surface area contributed by atoms with Crippen LogP contribution in [0.15, 0.2) is 48.5 Å². The van der Waals surface area contributed by atoms with Crippen molar-refractivity contribution in [3.63, 3.8) is 0 Å². The van der Waals surface area contributed by atoms with E-state index in [1.807, 2.05) is 25.1 Å². The third-order valence-corrected chi connectivity index (χ3v) is 3.01. The Bertz CT molecular complexity index is 540. The molecule has 1 atom stereocenters. The maximum atomic E-state index is 13.5. The van der Waals surface area contributed by atoms with Gasteiger partial charge in [0.2, 0.25) is 0 Å². The van der Waals surface area contributed by atoms with Crippen LogP contribution in [0.25, 0.3) is 0 Å². The molecule has 2 nitrogen and oxygen atoms in total. The van der Waals surface area contributed by atoms with Gasteiger partial charge in [-0.1, -0.05) is 43.3 Å². The summed E-state index contributed by atoms with van der Waals surface area (Å²) in [7, 11) is 0. The van der Waals surface area contributed by atoms with Gasteiger partial charge >= 0.3 is 0 Å². The van der Waals surface area contributed by atoms with Gasteiger partial charge in [-0.3, -0.25) is 0 Å². The fraction of sp³-hybridized carbons (Fsp3) is 0.250. The molecule has 0 aliphatic carbocycles. The van der Waals surface area contributed by atoms with E-state index in [0.717, 1.165) is 5.56 Å². The summed E-state index contributed by atoms with van der Waals surface area (Å²) in [5.41, 5.74) is 1.24. The topological polar surface area (TPSA) is 29.5 Å². The lowest BCUT2D eigenvalue weighted by atomic mass is 10.1. The van der Waals surface area contributed by atoms with Crippen LogP contribution in [0.1, 0.15) is 30.6 Å². The molecule has 2 aromatic rings. The van der Waals surface area contributed by atoms with E-state index in [-0.39, 0.29) is 12.4 Å². The van der Waals surface area contributed by atoms with Gasteiger partial charge < -0.3 is 9.84 Å². The second-order valence-corrected chi connectivity index (χ2v) is 4.34. The van der Waals surface area contributed by atoms with Crippen molar-refractivity contribution in [2.45, 2.75) is 26.1 Å². The molecule has 0 aliphatic heterocycles. The molecule has 0 aliphatic rings. The normalized spacial score (nSPS) is 12.2. The molecule has 2 rings (SSSR count). The smallest absolute Gasteiger partial charge is 0.129 e. The molecule has 0 bridgehead atoms. The van der Waals surface area contributed by atoms with Crippen molar-refractivity contribution < 1.29 is 14.2 Å². The highest BCUT2D eigenvalue weighted by Gasteiger charge is 2.11. The van der Waals surface area contributed by atoms with Crippen molar-refractivity contribution in [1.82, 2.24) is 0 Å². The summed E-state index contributed by atoms with van der Waals surface area (Å²) in [5.74, 6) is 0.316. The minimum Gasteiger partial charge on any atom is -0.488 e. The van der Waals surface area contributed by atoms with Gasteiger partial charge in [0, 0.05) is 11.1 Å². The van der Waals surface area contributed by atoms with Gasteiger partial charge in [-0.25, -0.2) is 4.39 Å². The van der Waals surface area contributed by atoms with Crippen molar-refractivity contribution in [2.24, 2.45) is 0 Å². The highest BCUT2D eigenvalue weighted by molar-refractivity contribution is 5.35. The summed E-state index contributed by atoms with van der Waals surface area (Å²) in [6.07, 6.45) is 0.0527. The molecule has 0 aromatic heterocycles. The molecular weight excluding hydrogens is 243 g/mol. The van der Waals surface area contributed by atoms with Crippen LogP contribution in [0.5, 0.6) is 5.75 Å². The van der Waals surface area contributed by atoms with Crippen LogP contribution in [-0.2, 0) is 6.61 Å². The van der Waals surface area contributed by atoms with E-state index in [4.69, 9.17) is 4.74 Å². The average Bonchev–Trinajstić information content (AvgIpc) is 2.46. The van der Waals surface area contributed by atoms with Crippen LogP contribution in [0.2, 0.25) is 0 Å². The van der Waals surface area contributed by atoms with E-state index < -0.39 is 6.10 Å². The third-order valence-electron chi connectivity index (χ3n) is 3.01. The molecule has 0 heterocycles. The summed E-state index contributed by atoms with van der Waals surface area (Å²) in [6, 6.07) is 13.8. The Balaban J connectivity index is 2.14. The predicted molar refractivity (Wildman–Crippen MR) is 72.4 cm³/mol. The van der Waals surface area contributed by atoms with E-state index in [0.29, 0.717) is 17.7 Å². The molecule has 0 saturated carbocycles. The highest BCUT2D eigenvalue weighted by Crippen LogP contribution is 2.27. The van der Waals surface area contributed by atoms with Crippen molar-refractivity contribution >= 4 is 0 Å². The van der Waals surface area contributed by atoms with Crippen LogP contribution in [0.3, 0.4) is 0 Å². The van der Waals surface area contributed by atoms with Crippen LogP contribution >= 0.6 is 0 Å². The molecule has 100 valence electrons. The number of aliphatic hydroxyl groups is 1. The average molecular weight is 260 g/mol. The van der Waals surface area contributed by atoms with E-state index >= 15 is 0 Å². The van der Waals surface area contributed by atoms with Gasteiger partial charge in [0.25, 0.3) is 0 Å². The molecular formula is C16H17FO2. The fourth-order valence-electron chi connectivity index (χ4n) is 1.88. The highest BCUT2D eigenvalue weighted by atomic mass is 19.1. The molecule has 1 N–H and O–H groups in total. The number of aliphatic hydroxyl groups excluding tert-OH is 1. The Morgan fingerprint density at radius 3 is 2.53 bits per heavy atom. The first-order chi connectivity index (χ1) is 9.22. The Kier molecular flexibility index (Phi) is 4.53. The summed E-state index contributed by atoms with van der Waals surface area (Å²) in [4.78, 5) is 0. The minimum absolute atomic E-state index is 0.153. The number of ether oxygens (including phenoxy) is 1. The van der Waals surface area contributed by atoms with Crippen LogP contribution < -0.4 is 4.74 Å². The molecule has 0 amide bonds. The summed E-state index contributed by atoms with van der Waals surface area (Å²) in [5, 5.41) is 9.91. The lowest BCUT2D eigenvalue weighted by molar-refractivity contribution is 0.166. The first-order valence-electron chi connectivity index (χ1n) is 6.35. The first kappa shape index (κ1) is 13.6. The van der Waals surface area contributed by atoms with Crippen molar-refractivity contribution in [1.29, 1.82) is 0 Å².